The van der Waals surface area contributed by atoms with Crippen molar-refractivity contribution in [2.24, 2.45) is 0 Å². The molecule has 0 amide bonds. The Morgan fingerprint density at radius 1 is 0.955 bits per heavy atom. The highest BCUT2D eigenvalue weighted by molar-refractivity contribution is 7.78. The van der Waals surface area contributed by atoms with Gasteiger partial charge >= 0.3 is 5.97 Å². The molecule has 0 rings (SSSR count). The summed E-state index contributed by atoms with van der Waals surface area (Å²) in [4.78, 5) is 13.8. The minimum Gasteiger partial charge on any atom is -0.760 e. The van der Waals surface area contributed by atoms with Crippen molar-refractivity contribution in [3.63, 3.8) is 0 Å². The molecule has 22 heavy (non-hydrogen) atoms. The summed E-state index contributed by atoms with van der Waals surface area (Å²) >= 11 is -13.0. The van der Waals surface area contributed by atoms with E-state index in [1.54, 1.807) is 0 Å². The van der Waals surface area contributed by atoms with Crippen molar-refractivity contribution in [2.75, 3.05) is 6.54 Å². The molecule has 0 saturated carbocycles. The second-order valence-electron chi connectivity index (χ2n) is 3.05. The van der Waals surface area contributed by atoms with Crippen LogP contribution in [0.3, 0.4) is 0 Å². The maximum atomic E-state index is 11.3. The van der Waals surface area contributed by atoms with Crippen molar-refractivity contribution in [2.45, 2.75) is 5.66 Å². The molecule has 0 bridgehead atoms. The van der Waals surface area contributed by atoms with Crippen molar-refractivity contribution in [3.05, 3.63) is 0 Å². The van der Waals surface area contributed by atoms with Crippen LogP contribution in [-0.4, -0.2) is 63.4 Å². The van der Waals surface area contributed by atoms with E-state index in [1.165, 1.54) is 19.1 Å². The number of nitrogens with one attached hydrogen (secondary N) is 4. The van der Waals surface area contributed by atoms with Gasteiger partial charge in [0.05, 0.1) is 6.54 Å². The third kappa shape index (κ3) is 7.32. The van der Waals surface area contributed by atoms with Crippen molar-refractivity contribution < 1.29 is 44.9 Å². The van der Waals surface area contributed by atoms with Gasteiger partial charge < -0.3 is 23.3 Å². The van der Waals surface area contributed by atoms with Crippen molar-refractivity contribution >= 4 is 51.0 Å². The van der Waals surface area contributed by atoms with E-state index in [4.69, 9.17) is 5.11 Å². The largest absolute Gasteiger partial charge is 0.760 e. The van der Waals surface area contributed by atoms with Gasteiger partial charge in [0.15, 0.2) is 0 Å². The van der Waals surface area contributed by atoms with E-state index in [1.807, 2.05) is 0 Å². The van der Waals surface area contributed by atoms with Crippen molar-refractivity contribution in [1.29, 1.82) is 0 Å². The van der Waals surface area contributed by atoms with E-state index in [0.717, 1.165) is 0 Å². The lowest BCUT2D eigenvalue weighted by Crippen LogP contribution is -2.75. The van der Waals surface area contributed by atoms with Crippen LogP contribution in [0.5, 0.6) is 0 Å². The molecular weight excluding hydrogens is 394 g/mol. The highest BCUT2D eigenvalue weighted by Gasteiger charge is 2.46. The van der Waals surface area contributed by atoms with Crippen LogP contribution in [0.4, 0.5) is 0 Å². The molecule has 19 heteroatoms. The lowest BCUT2D eigenvalue weighted by molar-refractivity contribution is -0.155. The summed E-state index contributed by atoms with van der Waals surface area (Å²) < 4.78 is 87.3. The second kappa shape index (κ2) is 9.76. The van der Waals surface area contributed by atoms with Crippen LogP contribution in [0.15, 0.2) is 0 Å². The van der Waals surface area contributed by atoms with Crippen LogP contribution in [0, 0.1) is 0 Å². The van der Waals surface area contributed by atoms with E-state index < -0.39 is 63.2 Å². The number of aliphatic carboxylic acids is 1. The molecule has 5 atom stereocenters. The van der Waals surface area contributed by atoms with Gasteiger partial charge in [-0.2, -0.15) is 9.66 Å². The first-order valence-electron chi connectivity index (χ1n) is 4.46. The quantitative estimate of drug-likeness (QED) is 0.124. The van der Waals surface area contributed by atoms with Crippen LogP contribution in [-0.2, 0) is 49.9 Å². The van der Waals surface area contributed by atoms with E-state index in [9.17, 15) is 39.8 Å². The van der Waals surface area contributed by atoms with Crippen LogP contribution in [0.2, 0.25) is 0 Å². The predicted octanol–water partition coefficient (Wildman–Crippen LogP) is -5.57. The van der Waals surface area contributed by atoms with E-state index >= 15 is 0 Å². The Hall–Kier alpha value is -0.290. The zero-order valence-electron chi connectivity index (χ0n) is 9.91. The molecular formula is C3H7N5O10S4-4. The number of hydrazine groups is 2. The summed E-state index contributed by atoms with van der Waals surface area (Å²) in [6.45, 7) is -1.29. The standard InChI is InChI=1S/C3H11N5O10S4/c9-2(10)3(5-20(13)14,1-4-19(11)12)8(6-21(15)16)7-22(17)18/h4-7H,1H2,(H,9,10)(H,11,12)(H,13,14)(H,15,16)(H,17,18)/p-4/t3-/m0/s1. The molecule has 0 heterocycles. The summed E-state index contributed by atoms with van der Waals surface area (Å²) in [5.74, 6) is -2.15. The molecule has 4 unspecified atom stereocenters. The van der Waals surface area contributed by atoms with Gasteiger partial charge in [-0.05, 0) is 0 Å². The monoisotopic (exact) mass is 401 g/mol. The van der Waals surface area contributed by atoms with Crippen molar-refractivity contribution in [3.8, 4) is 0 Å². The third-order valence-corrected chi connectivity index (χ3v) is 3.31. The number of carboxylic acid groups (broad SMARTS) is 1. The SMILES string of the molecule is O=C(O)[C@@](CNS(=O)[O-])(NS(=O)[O-])N(NS(=O)[O-])NS(=O)[O-]. The normalized spacial score (nSPS) is 20.0. The lowest BCUT2D eigenvalue weighted by Gasteiger charge is -2.41. The number of rotatable bonds is 11. The Bertz CT molecular complexity index is 485. The fraction of sp³-hybridized carbons (Fsp3) is 0.667. The average Bonchev–Trinajstić information content (AvgIpc) is 2.31. The Labute approximate surface area is 132 Å². The van der Waals surface area contributed by atoms with E-state index in [0.29, 0.717) is 0 Å². The predicted molar refractivity (Wildman–Crippen MR) is 65.3 cm³/mol. The fourth-order valence-electron chi connectivity index (χ4n) is 1.00. The molecule has 0 aromatic carbocycles. The average molecular weight is 401 g/mol. The highest BCUT2D eigenvalue weighted by Crippen LogP contribution is 2.10. The fourth-order valence-corrected chi connectivity index (χ4v) is 2.61. The summed E-state index contributed by atoms with van der Waals surface area (Å²) in [5.41, 5.74) is -3.09. The maximum Gasteiger partial charge on any atom is 0.344 e. The molecule has 15 nitrogen and oxygen atoms in total. The molecule has 0 aliphatic carbocycles. The van der Waals surface area contributed by atoms with Gasteiger partial charge in [0.1, 0.15) is 0 Å². The minimum absolute atomic E-state index is 0.294. The number of carboxylic acids is 1. The lowest BCUT2D eigenvalue weighted by atomic mass is 10.2. The molecule has 0 saturated heterocycles. The van der Waals surface area contributed by atoms with E-state index in [-0.39, 0.29) is 5.12 Å². The van der Waals surface area contributed by atoms with Gasteiger partial charge in [0.2, 0.25) is 5.66 Å². The smallest absolute Gasteiger partial charge is 0.344 e. The highest BCUT2D eigenvalue weighted by atomic mass is 32.2. The summed E-state index contributed by atoms with van der Waals surface area (Å²) in [6, 6.07) is 0. The Kier molecular flexibility index (Phi) is 9.63. The van der Waals surface area contributed by atoms with Crippen LogP contribution in [0.1, 0.15) is 0 Å². The summed E-state index contributed by atoms with van der Waals surface area (Å²) in [6.07, 6.45) is 0. The first-order chi connectivity index (χ1) is 10.0. The minimum atomic E-state index is -3.37. The zero-order chi connectivity index (χ0) is 17.5. The first-order valence-corrected chi connectivity index (χ1v) is 8.76. The van der Waals surface area contributed by atoms with Gasteiger partial charge in [-0.15, -0.1) is 5.12 Å². The third-order valence-electron chi connectivity index (χ3n) is 1.77. The molecule has 0 spiro atoms. The molecule has 0 aliphatic rings. The molecule has 5 N–H and O–H groups in total. The zero-order valence-corrected chi connectivity index (χ0v) is 13.2. The number of nitrogens with zero attached hydrogens (tertiary/aromatic N) is 1. The number of hydrogen-bond acceptors (Lipinski definition) is 10. The van der Waals surface area contributed by atoms with E-state index in [2.05, 4.69) is 0 Å². The van der Waals surface area contributed by atoms with Crippen molar-refractivity contribution in [1.82, 2.24) is 24.2 Å². The first kappa shape index (κ1) is 21.7. The molecule has 0 fully saturated rings. The molecule has 132 valence electrons. The second-order valence-corrected chi connectivity index (χ2v) is 5.78. The number of carbonyl (C=O) groups is 1. The van der Waals surface area contributed by atoms with Crippen LogP contribution < -0.4 is 19.1 Å². The summed E-state index contributed by atoms with van der Waals surface area (Å²) in [5, 5.41) is 8.79. The van der Waals surface area contributed by atoms with Crippen LogP contribution in [0.25, 0.3) is 0 Å². The molecule has 0 aromatic heterocycles. The molecule has 0 aliphatic heterocycles. The maximum absolute atomic E-state index is 11.3. The molecule has 0 radical (unpaired) electrons. The Balaban J connectivity index is 5.81. The van der Waals surface area contributed by atoms with Crippen LogP contribution >= 0.6 is 0 Å². The van der Waals surface area contributed by atoms with Gasteiger partial charge in [-0.25, -0.2) is 14.2 Å². The summed E-state index contributed by atoms with van der Waals surface area (Å²) in [7, 11) is 0. The molecule has 0 aromatic rings. The topological polar surface area (TPSA) is 249 Å². The number of hydrogen-bond donors (Lipinski definition) is 5. The van der Waals surface area contributed by atoms with Gasteiger partial charge in [0.25, 0.3) is 0 Å². The Morgan fingerprint density at radius 2 is 1.41 bits per heavy atom. The Morgan fingerprint density at radius 3 is 1.68 bits per heavy atom. The van der Waals surface area contributed by atoms with Gasteiger partial charge in [0, 0.05) is 45.1 Å². The van der Waals surface area contributed by atoms with Gasteiger partial charge in [-0.3, -0.25) is 16.8 Å². The van der Waals surface area contributed by atoms with Gasteiger partial charge in [-0.1, -0.05) is 0 Å².